The van der Waals surface area contributed by atoms with Gasteiger partial charge in [-0.25, -0.2) is 0 Å². The van der Waals surface area contributed by atoms with Gasteiger partial charge in [0.05, 0.1) is 22.5 Å². The smallest absolute Gasteiger partial charge is 0.272 e. The first-order chi connectivity index (χ1) is 8.89. The first kappa shape index (κ1) is 13.9. The Morgan fingerprint density at radius 1 is 1.11 bits per heavy atom. The quantitative estimate of drug-likeness (QED) is 0.634. The van der Waals surface area contributed by atoms with E-state index >= 15 is 0 Å². The molecule has 4 nitrogen and oxygen atoms in total. The van der Waals surface area contributed by atoms with Gasteiger partial charge in [-0.05, 0) is 12.1 Å². The Morgan fingerprint density at radius 2 is 1.68 bits per heavy atom. The number of halogens is 3. The van der Waals surface area contributed by atoms with Gasteiger partial charge in [0.25, 0.3) is 11.8 Å². The SMILES string of the molecule is O=C1CCC(=O)N1OSc1ccccc1C(F)(F)F. The minimum Gasteiger partial charge on any atom is -0.272 e. The fourth-order valence-electron chi connectivity index (χ4n) is 1.49. The highest BCUT2D eigenvalue weighted by molar-refractivity contribution is 7.94. The summed E-state index contributed by atoms with van der Waals surface area (Å²) in [6.07, 6.45) is -4.49. The number of alkyl halides is 3. The Morgan fingerprint density at radius 3 is 2.26 bits per heavy atom. The summed E-state index contributed by atoms with van der Waals surface area (Å²) in [4.78, 5) is 22.3. The van der Waals surface area contributed by atoms with E-state index in [9.17, 15) is 22.8 Å². The molecule has 0 aromatic heterocycles. The molecule has 0 atom stereocenters. The molecule has 2 rings (SSSR count). The molecule has 0 radical (unpaired) electrons. The Kier molecular flexibility index (Phi) is 3.81. The lowest BCUT2D eigenvalue weighted by Gasteiger charge is -2.14. The summed E-state index contributed by atoms with van der Waals surface area (Å²) in [5.41, 5.74) is -0.876. The molecule has 19 heavy (non-hydrogen) atoms. The van der Waals surface area contributed by atoms with E-state index in [1.54, 1.807) is 0 Å². The Balaban J connectivity index is 2.12. The minimum absolute atomic E-state index is 0.0142. The molecule has 0 saturated carbocycles. The van der Waals surface area contributed by atoms with Gasteiger partial charge in [-0.2, -0.15) is 17.5 Å². The van der Waals surface area contributed by atoms with Crippen molar-refractivity contribution in [3.05, 3.63) is 29.8 Å². The zero-order chi connectivity index (χ0) is 14.0. The summed E-state index contributed by atoms with van der Waals surface area (Å²) < 4.78 is 42.9. The topological polar surface area (TPSA) is 46.6 Å². The van der Waals surface area contributed by atoms with Gasteiger partial charge in [-0.15, -0.1) is 5.06 Å². The van der Waals surface area contributed by atoms with Gasteiger partial charge in [0.1, 0.15) is 0 Å². The molecule has 0 bridgehead atoms. The summed E-state index contributed by atoms with van der Waals surface area (Å²) in [6.45, 7) is 0. The summed E-state index contributed by atoms with van der Waals surface area (Å²) in [5.74, 6) is -1.11. The normalized spacial score (nSPS) is 16.3. The van der Waals surface area contributed by atoms with E-state index in [2.05, 4.69) is 0 Å². The van der Waals surface area contributed by atoms with Crippen molar-refractivity contribution in [2.24, 2.45) is 0 Å². The Hall–Kier alpha value is -1.54. The molecule has 0 unspecified atom stereocenters. The molecule has 1 fully saturated rings. The van der Waals surface area contributed by atoms with Crippen LogP contribution in [0.15, 0.2) is 29.2 Å². The molecule has 1 aliphatic heterocycles. The molecule has 2 amide bonds. The number of hydrogen-bond acceptors (Lipinski definition) is 4. The highest BCUT2D eigenvalue weighted by Crippen LogP contribution is 2.37. The van der Waals surface area contributed by atoms with Crippen molar-refractivity contribution in [3.63, 3.8) is 0 Å². The van der Waals surface area contributed by atoms with Gasteiger partial charge in [0, 0.05) is 12.8 Å². The van der Waals surface area contributed by atoms with Crippen LogP contribution in [0.4, 0.5) is 13.2 Å². The second kappa shape index (κ2) is 5.22. The third-order valence-electron chi connectivity index (χ3n) is 2.40. The van der Waals surface area contributed by atoms with Gasteiger partial charge >= 0.3 is 6.18 Å². The second-order valence-corrected chi connectivity index (χ2v) is 4.49. The van der Waals surface area contributed by atoms with Crippen LogP contribution in [0.3, 0.4) is 0 Å². The minimum atomic E-state index is -4.52. The van der Waals surface area contributed by atoms with Crippen LogP contribution < -0.4 is 0 Å². The summed E-state index contributed by atoms with van der Waals surface area (Å²) in [7, 11) is 0. The van der Waals surface area contributed by atoms with Crippen molar-refractivity contribution in [2.75, 3.05) is 0 Å². The maximum Gasteiger partial charge on any atom is 0.417 e. The predicted molar refractivity (Wildman–Crippen MR) is 59.5 cm³/mol. The average Bonchev–Trinajstić information content (AvgIpc) is 2.66. The fourth-order valence-corrected chi connectivity index (χ4v) is 2.22. The predicted octanol–water partition coefficient (Wildman–Crippen LogP) is 2.79. The maximum absolute atomic E-state index is 12.7. The number of nitrogens with zero attached hydrogens (tertiary/aromatic N) is 1. The van der Waals surface area contributed by atoms with E-state index in [0.29, 0.717) is 17.1 Å². The zero-order valence-corrected chi connectivity index (χ0v) is 10.3. The van der Waals surface area contributed by atoms with Gasteiger partial charge in [0.15, 0.2) is 0 Å². The first-order valence-corrected chi connectivity index (χ1v) is 6.00. The van der Waals surface area contributed by atoms with Crippen LogP contribution in [-0.4, -0.2) is 16.9 Å². The van der Waals surface area contributed by atoms with Crippen LogP contribution in [0.2, 0.25) is 0 Å². The van der Waals surface area contributed by atoms with Crippen molar-refractivity contribution in [1.29, 1.82) is 0 Å². The summed E-state index contributed by atoms with van der Waals surface area (Å²) >= 11 is 0.343. The Bertz CT molecular complexity index is 502. The summed E-state index contributed by atoms with van der Waals surface area (Å²) in [5, 5.41) is 0.498. The van der Waals surface area contributed by atoms with Crippen molar-refractivity contribution >= 4 is 23.9 Å². The number of carbonyl (C=O) groups excluding carboxylic acids is 2. The number of hydroxylamine groups is 2. The highest BCUT2D eigenvalue weighted by atomic mass is 32.2. The van der Waals surface area contributed by atoms with Crippen molar-refractivity contribution < 1.29 is 27.0 Å². The lowest BCUT2D eigenvalue weighted by Crippen LogP contribution is -2.26. The van der Waals surface area contributed by atoms with Crippen molar-refractivity contribution in [1.82, 2.24) is 5.06 Å². The molecule has 0 N–H and O–H groups in total. The van der Waals surface area contributed by atoms with E-state index < -0.39 is 23.6 Å². The van der Waals surface area contributed by atoms with Gasteiger partial charge in [-0.1, -0.05) is 12.1 Å². The van der Waals surface area contributed by atoms with E-state index in [0.717, 1.165) is 6.07 Å². The van der Waals surface area contributed by atoms with Crippen LogP contribution >= 0.6 is 12.0 Å². The molecule has 0 aliphatic carbocycles. The molecule has 1 heterocycles. The molecule has 102 valence electrons. The number of amides is 2. The van der Waals surface area contributed by atoms with Crippen LogP contribution in [0, 0.1) is 0 Å². The number of benzene rings is 1. The summed E-state index contributed by atoms with van der Waals surface area (Å²) in [6, 6.07) is 4.77. The average molecular weight is 291 g/mol. The molecule has 1 aromatic rings. The van der Waals surface area contributed by atoms with Crippen LogP contribution in [-0.2, 0) is 20.0 Å². The van der Waals surface area contributed by atoms with E-state index in [1.807, 2.05) is 0 Å². The number of imide groups is 1. The maximum atomic E-state index is 12.7. The van der Waals surface area contributed by atoms with Crippen molar-refractivity contribution in [2.45, 2.75) is 23.9 Å². The molecule has 1 aliphatic rings. The lowest BCUT2D eigenvalue weighted by molar-refractivity contribution is -0.161. The van der Waals surface area contributed by atoms with Crippen LogP contribution in [0.1, 0.15) is 18.4 Å². The van der Waals surface area contributed by atoms with Crippen molar-refractivity contribution in [3.8, 4) is 0 Å². The number of rotatable bonds is 3. The van der Waals surface area contributed by atoms with Crippen LogP contribution in [0.5, 0.6) is 0 Å². The van der Waals surface area contributed by atoms with Gasteiger partial charge in [-0.3, -0.25) is 9.59 Å². The third-order valence-corrected chi connectivity index (χ3v) is 3.16. The van der Waals surface area contributed by atoms with Gasteiger partial charge < -0.3 is 0 Å². The van der Waals surface area contributed by atoms with E-state index in [-0.39, 0.29) is 17.7 Å². The monoisotopic (exact) mass is 291 g/mol. The first-order valence-electron chi connectivity index (χ1n) is 5.26. The zero-order valence-electron chi connectivity index (χ0n) is 9.44. The number of hydrogen-bond donors (Lipinski definition) is 0. The molecule has 8 heteroatoms. The third kappa shape index (κ3) is 3.07. The molecule has 1 aromatic carbocycles. The molecule has 0 spiro atoms. The molecule has 1 saturated heterocycles. The standard InChI is InChI=1S/C11H8F3NO3S/c12-11(13,14)7-3-1-2-4-8(7)19-18-15-9(16)5-6-10(15)17/h1-4H,5-6H2. The largest absolute Gasteiger partial charge is 0.417 e. The van der Waals surface area contributed by atoms with E-state index in [1.165, 1.54) is 18.2 Å². The fraction of sp³-hybridized carbons (Fsp3) is 0.273. The highest BCUT2D eigenvalue weighted by Gasteiger charge is 2.35. The number of carbonyl (C=O) groups is 2. The van der Waals surface area contributed by atoms with Gasteiger partial charge in [0.2, 0.25) is 0 Å². The Labute approximate surface area is 110 Å². The second-order valence-electron chi connectivity index (χ2n) is 3.73. The molecular weight excluding hydrogens is 283 g/mol. The van der Waals surface area contributed by atoms with E-state index in [4.69, 9.17) is 4.28 Å². The lowest BCUT2D eigenvalue weighted by atomic mass is 10.2. The van der Waals surface area contributed by atoms with Crippen LogP contribution in [0.25, 0.3) is 0 Å². The molecular formula is C11H8F3NO3S.